The van der Waals surface area contributed by atoms with Crippen molar-refractivity contribution in [2.75, 3.05) is 6.26 Å². The van der Waals surface area contributed by atoms with Crippen molar-refractivity contribution >= 4 is 15.7 Å². The third kappa shape index (κ3) is 7.18. The highest BCUT2D eigenvalue weighted by molar-refractivity contribution is 7.91. The fourth-order valence-electron chi connectivity index (χ4n) is 6.87. The molecule has 0 aliphatic heterocycles. The van der Waals surface area contributed by atoms with E-state index in [1.807, 2.05) is 61.9 Å². The number of sulfone groups is 1. The van der Waals surface area contributed by atoms with Gasteiger partial charge < -0.3 is 5.32 Å². The molecule has 11 heteroatoms. The number of hydrogen-bond donors (Lipinski definition) is 1. The number of aromatic nitrogens is 5. The van der Waals surface area contributed by atoms with Gasteiger partial charge in [-0.15, -0.1) is 0 Å². The monoisotopic (exact) mass is 637 g/mol. The lowest BCUT2D eigenvalue weighted by atomic mass is 9.73. The van der Waals surface area contributed by atoms with Crippen molar-refractivity contribution in [3.8, 4) is 17.2 Å². The number of hydrogen-bond acceptors (Lipinski definition) is 8. The van der Waals surface area contributed by atoms with Crippen LogP contribution in [-0.2, 0) is 34.6 Å². The lowest BCUT2D eigenvalue weighted by Crippen LogP contribution is -2.35. The summed E-state index contributed by atoms with van der Waals surface area (Å²) in [6.45, 7) is 0.462. The minimum atomic E-state index is -3.09. The predicted octanol–water partition coefficient (Wildman–Crippen LogP) is 4.88. The maximum atomic E-state index is 13.8. The molecule has 0 spiro atoms. The first kappa shape index (κ1) is 31.5. The molecule has 1 aromatic carbocycles. The van der Waals surface area contributed by atoms with Crippen LogP contribution in [0.3, 0.4) is 0 Å². The molecule has 0 saturated heterocycles. The molecule has 3 heterocycles. The number of pyridine rings is 1. The summed E-state index contributed by atoms with van der Waals surface area (Å²) in [4.78, 5) is 27.9. The van der Waals surface area contributed by atoms with Gasteiger partial charge in [-0.3, -0.25) is 14.5 Å². The number of nitriles is 1. The van der Waals surface area contributed by atoms with E-state index < -0.39 is 9.84 Å². The number of amides is 1. The minimum Gasteiger partial charge on any atom is -0.351 e. The van der Waals surface area contributed by atoms with Crippen molar-refractivity contribution < 1.29 is 13.2 Å². The zero-order valence-electron chi connectivity index (χ0n) is 26.2. The summed E-state index contributed by atoms with van der Waals surface area (Å²) < 4.78 is 25.6. The Morgan fingerprint density at radius 1 is 1.02 bits per heavy atom. The van der Waals surface area contributed by atoms with Gasteiger partial charge in [0.05, 0.1) is 34.3 Å². The Balaban J connectivity index is 1.14. The fraction of sp³-hybridized carbons (Fsp3) is 0.429. The van der Waals surface area contributed by atoms with Crippen LogP contribution in [0.15, 0.2) is 67.3 Å². The molecule has 0 radical (unpaired) electrons. The molecule has 4 aromatic rings. The van der Waals surface area contributed by atoms with E-state index in [4.69, 9.17) is 9.97 Å². The summed E-state index contributed by atoms with van der Waals surface area (Å²) in [5.74, 6) is 0.790. The highest BCUT2D eigenvalue weighted by Crippen LogP contribution is 2.42. The first-order chi connectivity index (χ1) is 22.2. The Labute approximate surface area is 270 Å². The topological polar surface area (TPSA) is 144 Å². The van der Waals surface area contributed by atoms with Gasteiger partial charge in [-0.25, -0.2) is 18.4 Å². The second kappa shape index (κ2) is 13.5. The molecule has 1 amide bonds. The molecule has 2 saturated carbocycles. The zero-order valence-corrected chi connectivity index (χ0v) is 27.0. The maximum absolute atomic E-state index is 13.8. The molecule has 2 aliphatic carbocycles. The Hall–Kier alpha value is -4.43. The van der Waals surface area contributed by atoms with Crippen molar-refractivity contribution in [2.24, 2.45) is 18.9 Å². The summed E-state index contributed by atoms with van der Waals surface area (Å²) >= 11 is 0. The molecule has 1 N–H and O–H groups in total. The van der Waals surface area contributed by atoms with Crippen LogP contribution in [0.4, 0.5) is 0 Å². The Bertz CT molecular complexity index is 1820. The van der Waals surface area contributed by atoms with Gasteiger partial charge in [0, 0.05) is 61.9 Å². The van der Waals surface area contributed by atoms with Crippen molar-refractivity contribution in [3.63, 3.8) is 0 Å². The maximum Gasteiger partial charge on any atom is 0.229 e. The number of benzene rings is 1. The van der Waals surface area contributed by atoms with Crippen molar-refractivity contribution in [1.82, 2.24) is 30.0 Å². The normalized spacial score (nSPS) is 21.9. The highest BCUT2D eigenvalue weighted by atomic mass is 32.2. The summed E-state index contributed by atoms with van der Waals surface area (Å²) in [5, 5.41) is 16.7. The lowest BCUT2D eigenvalue weighted by molar-refractivity contribution is -0.124. The number of carbonyl (C=O) groups is 1. The quantitative estimate of drug-likeness (QED) is 0.259. The SMILES string of the molecule is Cn1cc(-c2ccc(C(C(=O)NCc3ccccc3)C3CCC(Cc4ncc(C#N)c(C5CC(S(C)(=O)=O)C5)n4)CC3)nc2)cn1. The van der Waals surface area contributed by atoms with E-state index in [0.717, 1.165) is 48.1 Å². The number of carbonyl (C=O) groups excluding carboxylic acids is 1. The van der Waals surface area contributed by atoms with Gasteiger partial charge in [-0.1, -0.05) is 36.4 Å². The molecule has 1 atom stereocenters. The van der Waals surface area contributed by atoms with Gasteiger partial charge >= 0.3 is 0 Å². The van der Waals surface area contributed by atoms with Crippen molar-refractivity contribution in [1.29, 1.82) is 5.26 Å². The third-order valence-electron chi connectivity index (χ3n) is 9.64. The molecule has 3 aromatic heterocycles. The van der Waals surface area contributed by atoms with Gasteiger partial charge in [0.25, 0.3) is 0 Å². The van der Waals surface area contributed by atoms with Gasteiger partial charge in [0.1, 0.15) is 21.7 Å². The fourth-order valence-corrected chi connectivity index (χ4v) is 8.03. The molecule has 2 aliphatic rings. The van der Waals surface area contributed by atoms with Crippen LogP contribution in [0, 0.1) is 23.2 Å². The molecular weight excluding hydrogens is 598 g/mol. The molecular formula is C35H39N7O3S. The Morgan fingerprint density at radius 3 is 2.41 bits per heavy atom. The van der Waals surface area contributed by atoms with E-state index in [2.05, 4.69) is 21.5 Å². The third-order valence-corrected chi connectivity index (χ3v) is 11.2. The van der Waals surface area contributed by atoms with Crippen LogP contribution in [-0.4, -0.2) is 50.6 Å². The average Bonchev–Trinajstić information content (AvgIpc) is 3.47. The van der Waals surface area contributed by atoms with Crippen LogP contribution >= 0.6 is 0 Å². The highest BCUT2D eigenvalue weighted by Gasteiger charge is 2.39. The van der Waals surface area contributed by atoms with Crippen LogP contribution in [0.2, 0.25) is 0 Å². The second-order valence-corrected chi connectivity index (χ2v) is 15.2. The second-order valence-electron chi connectivity index (χ2n) is 12.9. The first-order valence-corrected chi connectivity index (χ1v) is 17.8. The van der Waals surface area contributed by atoms with Gasteiger partial charge in [-0.2, -0.15) is 10.4 Å². The Morgan fingerprint density at radius 2 is 1.78 bits per heavy atom. The van der Waals surface area contributed by atoms with Crippen LogP contribution in [0.1, 0.15) is 78.7 Å². The zero-order chi connectivity index (χ0) is 32.3. The largest absolute Gasteiger partial charge is 0.351 e. The predicted molar refractivity (Wildman–Crippen MR) is 174 cm³/mol. The van der Waals surface area contributed by atoms with Crippen LogP contribution in [0.5, 0.6) is 0 Å². The summed E-state index contributed by atoms with van der Waals surface area (Å²) in [6.07, 6.45) is 13.7. The van der Waals surface area contributed by atoms with Crippen LogP contribution in [0.25, 0.3) is 11.1 Å². The van der Waals surface area contributed by atoms with Gasteiger partial charge in [0.15, 0.2) is 0 Å². The van der Waals surface area contributed by atoms with E-state index >= 15 is 0 Å². The molecule has 6 rings (SSSR count). The molecule has 1 unspecified atom stereocenters. The van der Waals surface area contributed by atoms with Gasteiger partial charge in [0.2, 0.25) is 5.91 Å². The van der Waals surface area contributed by atoms with Crippen molar-refractivity contribution in [3.05, 3.63) is 95.6 Å². The molecule has 2 fully saturated rings. The summed E-state index contributed by atoms with van der Waals surface area (Å²) in [6, 6.07) is 16.1. The number of nitrogens with zero attached hydrogens (tertiary/aromatic N) is 6. The average molecular weight is 638 g/mol. The van der Waals surface area contributed by atoms with Gasteiger partial charge in [-0.05, 0) is 62.0 Å². The van der Waals surface area contributed by atoms with Crippen LogP contribution < -0.4 is 5.32 Å². The smallest absolute Gasteiger partial charge is 0.229 e. The Kier molecular flexibility index (Phi) is 9.27. The number of rotatable bonds is 10. The standard InChI is InChI=1S/C35H39N7O3S/c1-42-22-29(21-40-42)26-12-13-31(37-19-26)33(35(43)39-18-24-6-4-3-5-7-24)25-10-8-23(9-11-25)14-32-38-20-28(17-36)34(41-32)27-15-30(16-27)46(2,44)45/h3-7,12-13,19-23,25,27,30,33H,8-11,14-16,18H2,1-2H3,(H,39,43). The molecule has 238 valence electrons. The van der Waals surface area contributed by atoms with E-state index in [-0.39, 0.29) is 28.9 Å². The molecule has 0 bridgehead atoms. The summed E-state index contributed by atoms with van der Waals surface area (Å²) in [7, 11) is -1.21. The van der Waals surface area contributed by atoms with E-state index in [1.165, 1.54) is 6.26 Å². The minimum absolute atomic E-state index is 0.0121. The number of aryl methyl sites for hydroxylation is 1. The first-order valence-electron chi connectivity index (χ1n) is 15.9. The summed E-state index contributed by atoms with van der Waals surface area (Å²) in [5.41, 5.74) is 4.86. The lowest BCUT2D eigenvalue weighted by Gasteiger charge is -2.34. The van der Waals surface area contributed by atoms with E-state index in [9.17, 15) is 18.5 Å². The van der Waals surface area contributed by atoms with E-state index in [1.54, 1.807) is 17.1 Å². The molecule has 10 nitrogen and oxygen atoms in total. The number of nitrogens with one attached hydrogen (secondary N) is 1. The van der Waals surface area contributed by atoms with Crippen molar-refractivity contribution in [2.45, 2.75) is 68.6 Å². The molecule has 46 heavy (non-hydrogen) atoms. The van der Waals surface area contributed by atoms with E-state index in [0.29, 0.717) is 48.8 Å².